The molecule has 5 nitrogen and oxygen atoms in total. The Balaban J connectivity index is 2.11. The van der Waals surface area contributed by atoms with Crippen molar-refractivity contribution in [2.45, 2.75) is 18.9 Å². The van der Waals surface area contributed by atoms with Gasteiger partial charge in [0, 0.05) is 24.5 Å². The summed E-state index contributed by atoms with van der Waals surface area (Å²) in [5.74, 6) is -0.948. The summed E-state index contributed by atoms with van der Waals surface area (Å²) in [5.41, 5.74) is 0.153. The molecule has 1 unspecified atom stereocenters. The molecule has 0 bridgehead atoms. The molecule has 0 amide bonds. The predicted octanol–water partition coefficient (Wildman–Crippen LogP) is 1.37. The molecule has 0 aromatic carbocycles. The second-order valence-electron chi connectivity index (χ2n) is 4.57. The van der Waals surface area contributed by atoms with Crippen molar-refractivity contribution < 1.29 is 9.90 Å². The maximum Gasteiger partial charge on any atom is 0.355 e. The molecule has 2 rings (SSSR count). The summed E-state index contributed by atoms with van der Waals surface area (Å²) in [5, 5.41) is 11.3. The van der Waals surface area contributed by atoms with Gasteiger partial charge in [0.1, 0.15) is 0 Å². The normalized spacial score (nSPS) is 20.2. The maximum atomic E-state index is 10.8. The van der Waals surface area contributed by atoms with Crippen LogP contribution in [0, 0.1) is 0 Å². The van der Waals surface area contributed by atoms with Crippen molar-refractivity contribution in [2.24, 2.45) is 0 Å². The van der Waals surface area contributed by atoms with Crippen molar-refractivity contribution in [3.05, 3.63) is 11.1 Å². The minimum Gasteiger partial charge on any atom is -0.476 e. The van der Waals surface area contributed by atoms with E-state index in [-0.39, 0.29) is 5.69 Å². The summed E-state index contributed by atoms with van der Waals surface area (Å²) in [6.45, 7) is 1.97. The molecule has 1 saturated heterocycles. The Morgan fingerprint density at radius 2 is 2.47 bits per heavy atom. The van der Waals surface area contributed by atoms with Crippen LogP contribution in [0.25, 0.3) is 0 Å². The zero-order valence-corrected chi connectivity index (χ0v) is 10.9. The van der Waals surface area contributed by atoms with Gasteiger partial charge in [-0.05, 0) is 26.9 Å². The van der Waals surface area contributed by atoms with E-state index in [9.17, 15) is 4.79 Å². The monoisotopic (exact) mass is 255 g/mol. The van der Waals surface area contributed by atoms with Crippen molar-refractivity contribution in [1.82, 2.24) is 9.88 Å². The third-order valence-electron chi connectivity index (χ3n) is 2.91. The van der Waals surface area contributed by atoms with Gasteiger partial charge < -0.3 is 14.9 Å². The van der Waals surface area contributed by atoms with Crippen LogP contribution >= 0.6 is 11.3 Å². The van der Waals surface area contributed by atoms with Crippen LogP contribution in [-0.4, -0.2) is 54.2 Å². The SMILES string of the molecule is CN(C)CC1CCCN1c1nc(C(=O)O)cs1. The zero-order chi connectivity index (χ0) is 12.4. The van der Waals surface area contributed by atoms with E-state index in [1.807, 2.05) is 0 Å². The van der Waals surface area contributed by atoms with Crippen molar-refractivity contribution >= 4 is 22.4 Å². The number of aromatic nitrogens is 1. The summed E-state index contributed by atoms with van der Waals surface area (Å²) < 4.78 is 0. The Kier molecular flexibility index (Phi) is 3.63. The van der Waals surface area contributed by atoms with E-state index in [4.69, 9.17) is 5.11 Å². The fraction of sp³-hybridized carbons (Fsp3) is 0.636. The van der Waals surface area contributed by atoms with Crippen LogP contribution in [-0.2, 0) is 0 Å². The van der Waals surface area contributed by atoms with Gasteiger partial charge in [-0.3, -0.25) is 0 Å². The van der Waals surface area contributed by atoms with E-state index in [2.05, 4.69) is 28.9 Å². The first kappa shape index (κ1) is 12.3. The minimum atomic E-state index is -0.948. The molecule has 0 spiro atoms. The van der Waals surface area contributed by atoms with Crippen LogP contribution in [0.15, 0.2) is 5.38 Å². The minimum absolute atomic E-state index is 0.153. The van der Waals surface area contributed by atoms with Crippen molar-refractivity contribution in [3.63, 3.8) is 0 Å². The van der Waals surface area contributed by atoms with Crippen molar-refractivity contribution in [3.8, 4) is 0 Å². The van der Waals surface area contributed by atoms with E-state index < -0.39 is 5.97 Å². The molecule has 0 saturated carbocycles. The van der Waals surface area contributed by atoms with Gasteiger partial charge >= 0.3 is 5.97 Å². The summed E-state index contributed by atoms with van der Waals surface area (Å²) in [6, 6.07) is 0.456. The van der Waals surface area contributed by atoms with E-state index in [1.54, 1.807) is 5.38 Å². The van der Waals surface area contributed by atoms with Crippen LogP contribution in [0.1, 0.15) is 23.3 Å². The molecule has 2 heterocycles. The van der Waals surface area contributed by atoms with Gasteiger partial charge in [0.05, 0.1) is 0 Å². The van der Waals surface area contributed by atoms with Gasteiger partial charge in [-0.25, -0.2) is 9.78 Å². The lowest BCUT2D eigenvalue weighted by Crippen LogP contribution is -2.37. The first-order valence-corrected chi connectivity index (χ1v) is 6.56. The number of aromatic carboxylic acids is 1. The standard InChI is InChI=1S/C11H17N3O2S/c1-13(2)6-8-4-3-5-14(8)11-12-9(7-17-11)10(15)16/h7-8H,3-6H2,1-2H3,(H,15,16). The predicted molar refractivity (Wildman–Crippen MR) is 68.0 cm³/mol. The molecule has 1 aliphatic rings. The number of carboxylic acid groups (broad SMARTS) is 1. The highest BCUT2D eigenvalue weighted by Crippen LogP contribution is 2.28. The average molecular weight is 255 g/mol. The van der Waals surface area contributed by atoms with E-state index in [0.29, 0.717) is 6.04 Å². The van der Waals surface area contributed by atoms with Crippen LogP contribution < -0.4 is 4.90 Å². The van der Waals surface area contributed by atoms with Crippen molar-refractivity contribution in [1.29, 1.82) is 0 Å². The molecule has 1 atom stereocenters. The Labute approximate surface area is 105 Å². The Hall–Kier alpha value is -1.14. The number of hydrogen-bond donors (Lipinski definition) is 1. The van der Waals surface area contributed by atoms with Gasteiger partial charge in [0.2, 0.25) is 0 Å². The Morgan fingerprint density at radius 3 is 3.06 bits per heavy atom. The molecule has 17 heavy (non-hydrogen) atoms. The van der Waals surface area contributed by atoms with Gasteiger partial charge in [-0.15, -0.1) is 11.3 Å². The van der Waals surface area contributed by atoms with Gasteiger partial charge in [0.15, 0.2) is 10.8 Å². The fourth-order valence-electron chi connectivity index (χ4n) is 2.19. The molecule has 94 valence electrons. The molecule has 0 aliphatic carbocycles. The molecular weight excluding hydrogens is 238 g/mol. The third kappa shape index (κ3) is 2.76. The number of carbonyl (C=O) groups is 1. The molecule has 1 aliphatic heterocycles. The Bertz CT molecular complexity index is 405. The first-order chi connectivity index (χ1) is 8.08. The van der Waals surface area contributed by atoms with Gasteiger partial charge in [0.25, 0.3) is 0 Å². The highest BCUT2D eigenvalue weighted by molar-refractivity contribution is 7.13. The summed E-state index contributed by atoms with van der Waals surface area (Å²) >= 11 is 1.42. The van der Waals surface area contributed by atoms with Crippen LogP contribution in [0.3, 0.4) is 0 Å². The number of rotatable bonds is 4. The average Bonchev–Trinajstić information content (AvgIpc) is 2.83. The third-order valence-corrected chi connectivity index (χ3v) is 3.79. The highest BCUT2D eigenvalue weighted by atomic mass is 32.1. The lowest BCUT2D eigenvalue weighted by Gasteiger charge is -2.26. The smallest absolute Gasteiger partial charge is 0.355 e. The number of nitrogens with zero attached hydrogens (tertiary/aromatic N) is 3. The molecule has 1 aromatic heterocycles. The quantitative estimate of drug-likeness (QED) is 0.880. The second-order valence-corrected chi connectivity index (χ2v) is 5.41. The molecule has 0 radical (unpaired) electrons. The van der Waals surface area contributed by atoms with E-state index in [1.165, 1.54) is 11.3 Å². The molecule has 1 N–H and O–H groups in total. The van der Waals surface area contributed by atoms with Crippen LogP contribution in [0.2, 0.25) is 0 Å². The highest BCUT2D eigenvalue weighted by Gasteiger charge is 2.27. The molecule has 6 heteroatoms. The number of carboxylic acids is 1. The zero-order valence-electron chi connectivity index (χ0n) is 10.1. The molecular formula is C11H17N3O2S. The lowest BCUT2D eigenvalue weighted by atomic mass is 10.2. The van der Waals surface area contributed by atoms with E-state index in [0.717, 1.165) is 31.1 Å². The van der Waals surface area contributed by atoms with Gasteiger partial charge in [-0.2, -0.15) is 0 Å². The summed E-state index contributed by atoms with van der Waals surface area (Å²) in [4.78, 5) is 19.4. The topological polar surface area (TPSA) is 56.7 Å². The van der Waals surface area contributed by atoms with Crippen LogP contribution in [0.5, 0.6) is 0 Å². The van der Waals surface area contributed by atoms with E-state index >= 15 is 0 Å². The fourth-order valence-corrected chi connectivity index (χ4v) is 3.09. The molecule has 1 fully saturated rings. The largest absolute Gasteiger partial charge is 0.476 e. The first-order valence-electron chi connectivity index (χ1n) is 5.68. The number of anilines is 1. The van der Waals surface area contributed by atoms with Crippen molar-refractivity contribution in [2.75, 3.05) is 32.1 Å². The molecule has 1 aromatic rings. The number of hydrogen-bond acceptors (Lipinski definition) is 5. The van der Waals surface area contributed by atoms with Gasteiger partial charge in [-0.1, -0.05) is 0 Å². The summed E-state index contributed by atoms with van der Waals surface area (Å²) in [7, 11) is 4.11. The second kappa shape index (κ2) is 5.01. The summed E-state index contributed by atoms with van der Waals surface area (Å²) in [6.07, 6.45) is 2.31. The maximum absolute atomic E-state index is 10.8. The number of likely N-dealkylation sites (N-methyl/N-ethyl adjacent to an activating group) is 1. The number of thiazole rings is 1. The van der Waals surface area contributed by atoms with Crippen LogP contribution in [0.4, 0.5) is 5.13 Å². The lowest BCUT2D eigenvalue weighted by molar-refractivity contribution is 0.0691. The Morgan fingerprint density at radius 1 is 1.71 bits per heavy atom.